The molecule has 102 valence electrons. The van der Waals surface area contributed by atoms with Gasteiger partial charge in [0, 0.05) is 26.0 Å². The van der Waals surface area contributed by atoms with Crippen molar-refractivity contribution in [2.45, 2.75) is 57.8 Å². The molecular weight excluding hydrogens is 228 g/mol. The highest BCUT2D eigenvalue weighted by molar-refractivity contribution is 5.00. The van der Waals surface area contributed by atoms with Crippen molar-refractivity contribution in [2.24, 2.45) is 5.92 Å². The summed E-state index contributed by atoms with van der Waals surface area (Å²) >= 11 is 0. The summed E-state index contributed by atoms with van der Waals surface area (Å²) in [5.41, 5.74) is 0. The molecule has 1 aromatic heterocycles. The van der Waals surface area contributed by atoms with Crippen LogP contribution in [-0.4, -0.2) is 27.9 Å². The lowest BCUT2D eigenvalue weighted by Crippen LogP contribution is -2.32. The van der Waals surface area contributed by atoms with Crippen molar-refractivity contribution in [2.75, 3.05) is 7.11 Å². The Bertz CT molecular complexity index is 358. The molecule has 1 aliphatic rings. The van der Waals surface area contributed by atoms with Crippen LogP contribution in [0.4, 0.5) is 0 Å². The van der Waals surface area contributed by atoms with E-state index in [1.807, 2.05) is 10.8 Å². The Kier molecular flexibility index (Phi) is 4.78. The first-order valence-electron chi connectivity index (χ1n) is 6.99. The third kappa shape index (κ3) is 2.75. The first-order chi connectivity index (χ1) is 8.77. The zero-order valence-corrected chi connectivity index (χ0v) is 11.4. The standard InChI is InChI=1S/C14H24N2O2/c1-3-16-10-9-15-14(16)12(17)13(18-2)11-7-5-4-6-8-11/h9-13,17H,3-8H2,1-2H3. The number of aliphatic hydroxyl groups excluding tert-OH is 1. The first-order valence-corrected chi connectivity index (χ1v) is 6.99. The van der Waals surface area contributed by atoms with Gasteiger partial charge in [-0.1, -0.05) is 19.3 Å². The SMILES string of the molecule is CCn1ccnc1C(O)C(OC)C1CCCCC1. The molecule has 1 fully saturated rings. The van der Waals surface area contributed by atoms with Crippen molar-refractivity contribution in [1.29, 1.82) is 0 Å². The Labute approximate surface area is 109 Å². The van der Waals surface area contributed by atoms with Gasteiger partial charge in [-0.05, 0) is 25.7 Å². The topological polar surface area (TPSA) is 47.3 Å². The van der Waals surface area contributed by atoms with E-state index in [1.165, 1.54) is 19.3 Å². The van der Waals surface area contributed by atoms with Crippen molar-refractivity contribution in [3.05, 3.63) is 18.2 Å². The number of methoxy groups -OCH3 is 1. The summed E-state index contributed by atoms with van der Waals surface area (Å²) in [5.74, 6) is 1.19. The van der Waals surface area contributed by atoms with Crippen LogP contribution in [-0.2, 0) is 11.3 Å². The van der Waals surface area contributed by atoms with Crippen LogP contribution in [0.1, 0.15) is 51.0 Å². The van der Waals surface area contributed by atoms with Gasteiger partial charge in [0.15, 0.2) is 0 Å². The summed E-state index contributed by atoms with van der Waals surface area (Å²) in [7, 11) is 1.70. The molecule has 1 aliphatic carbocycles. The average molecular weight is 252 g/mol. The van der Waals surface area contributed by atoms with Crippen LogP contribution >= 0.6 is 0 Å². The Hall–Kier alpha value is -0.870. The van der Waals surface area contributed by atoms with E-state index in [1.54, 1.807) is 13.3 Å². The molecule has 1 saturated carbocycles. The fraction of sp³-hybridized carbons (Fsp3) is 0.786. The smallest absolute Gasteiger partial charge is 0.140 e. The quantitative estimate of drug-likeness (QED) is 0.876. The van der Waals surface area contributed by atoms with E-state index in [4.69, 9.17) is 4.74 Å². The van der Waals surface area contributed by atoms with Gasteiger partial charge in [-0.25, -0.2) is 4.98 Å². The molecule has 4 nitrogen and oxygen atoms in total. The number of aryl methyl sites for hydroxylation is 1. The third-order valence-corrected chi connectivity index (χ3v) is 4.05. The number of hydrogen-bond donors (Lipinski definition) is 1. The van der Waals surface area contributed by atoms with Crippen LogP contribution in [0.25, 0.3) is 0 Å². The van der Waals surface area contributed by atoms with Crippen molar-refractivity contribution in [3.63, 3.8) is 0 Å². The molecule has 1 N–H and O–H groups in total. The van der Waals surface area contributed by atoms with E-state index in [0.29, 0.717) is 5.92 Å². The molecule has 0 spiro atoms. The van der Waals surface area contributed by atoms with Gasteiger partial charge >= 0.3 is 0 Å². The molecule has 1 heterocycles. The van der Waals surface area contributed by atoms with Gasteiger partial charge in [0.2, 0.25) is 0 Å². The molecular formula is C14H24N2O2. The lowest BCUT2D eigenvalue weighted by molar-refractivity contribution is -0.0605. The largest absolute Gasteiger partial charge is 0.382 e. The van der Waals surface area contributed by atoms with Crippen LogP contribution in [0.2, 0.25) is 0 Å². The number of ether oxygens (including phenoxy) is 1. The minimum atomic E-state index is -0.618. The average Bonchev–Trinajstić information content (AvgIpc) is 2.89. The molecule has 18 heavy (non-hydrogen) atoms. The lowest BCUT2D eigenvalue weighted by Gasteiger charge is -2.32. The van der Waals surface area contributed by atoms with Crippen LogP contribution < -0.4 is 0 Å². The molecule has 0 bridgehead atoms. The van der Waals surface area contributed by atoms with Crippen LogP contribution in [0.3, 0.4) is 0 Å². The van der Waals surface area contributed by atoms with Crippen molar-refractivity contribution in [1.82, 2.24) is 9.55 Å². The Morgan fingerprint density at radius 2 is 2.17 bits per heavy atom. The predicted molar refractivity (Wildman–Crippen MR) is 70.2 cm³/mol. The third-order valence-electron chi connectivity index (χ3n) is 4.05. The number of nitrogens with zero attached hydrogens (tertiary/aromatic N) is 2. The van der Waals surface area contributed by atoms with Gasteiger partial charge in [0.05, 0.1) is 6.10 Å². The Morgan fingerprint density at radius 3 is 2.78 bits per heavy atom. The maximum absolute atomic E-state index is 10.5. The monoisotopic (exact) mass is 252 g/mol. The van der Waals surface area contributed by atoms with E-state index in [0.717, 1.165) is 25.2 Å². The van der Waals surface area contributed by atoms with Crippen LogP contribution in [0, 0.1) is 5.92 Å². The molecule has 0 aliphatic heterocycles. The second-order valence-corrected chi connectivity index (χ2v) is 5.11. The summed E-state index contributed by atoms with van der Waals surface area (Å²) in [5, 5.41) is 10.5. The highest BCUT2D eigenvalue weighted by Gasteiger charge is 2.32. The minimum Gasteiger partial charge on any atom is -0.382 e. The molecule has 2 atom stereocenters. The summed E-state index contributed by atoms with van der Waals surface area (Å²) in [4.78, 5) is 4.28. The highest BCUT2D eigenvalue weighted by atomic mass is 16.5. The molecule has 0 amide bonds. The first kappa shape index (κ1) is 13.6. The second kappa shape index (κ2) is 6.34. The fourth-order valence-electron chi connectivity index (χ4n) is 3.04. The fourth-order valence-corrected chi connectivity index (χ4v) is 3.04. The lowest BCUT2D eigenvalue weighted by atomic mass is 9.83. The van der Waals surface area contributed by atoms with Gasteiger partial charge < -0.3 is 14.4 Å². The maximum atomic E-state index is 10.5. The van der Waals surface area contributed by atoms with E-state index in [9.17, 15) is 5.11 Å². The molecule has 0 radical (unpaired) electrons. The highest BCUT2D eigenvalue weighted by Crippen LogP contribution is 2.33. The molecule has 4 heteroatoms. The maximum Gasteiger partial charge on any atom is 0.140 e. The van der Waals surface area contributed by atoms with Crippen molar-refractivity contribution in [3.8, 4) is 0 Å². The van der Waals surface area contributed by atoms with Gasteiger partial charge in [-0.3, -0.25) is 0 Å². The summed E-state index contributed by atoms with van der Waals surface area (Å²) in [6.07, 6.45) is 9.03. The van der Waals surface area contributed by atoms with Gasteiger partial charge in [-0.15, -0.1) is 0 Å². The normalized spacial score (nSPS) is 20.8. The van der Waals surface area contributed by atoms with E-state index >= 15 is 0 Å². The number of aliphatic hydroxyl groups is 1. The van der Waals surface area contributed by atoms with Gasteiger partial charge in [0.25, 0.3) is 0 Å². The number of imidazole rings is 1. The second-order valence-electron chi connectivity index (χ2n) is 5.11. The van der Waals surface area contributed by atoms with E-state index in [2.05, 4.69) is 11.9 Å². The van der Waals surface area contributed by atoms with Gasteiger partial charge in [-0.2, -0.15) is 0 Å². The molecule has 0 saturated heterocycles. The number of aromatic nitrogens is 2. The van der Waals surface area contributed by atoms with Crippen LogP contribution in [0.15, 0.2) is 12.4 Å². The number of rotatable bonds is 5. The molecule has 2 rings (SSSR count). The number of hydrogen-bond acceptors (Lipinski definition) is 3. The van der Waals surface area contributed by atoms with Crippen LogP contribution in [0.5, 0.6) is 0 Å². The van der Waals surface area contributed by atoms with Crippen molar-refractivity contribution < 1.29 is 9.84 Å². The Balaban J connectivity index is 2.11. The summed E-state index contributed by atoms with van der Waals surface area (Å²) < 4.78 is 7.56. The van der Waals surface area contributed by atoms with Gasteiger partial charge in [0.1, 0.15) is 11.9 Å². The minimum absolute atomic E-state index is 0.127. The van der Waals surface area contributed by atoms with E-state index in [-0.39, 0.29) is 6.10 Å². The summed E-state index contributed by atoms with van der Waals surface area (Å²) in [6.45, 7) is 2.88. The predicted octanol–water partition coefficient (Wildman–Crippen LogP) is 2.53. The summed E-state index contributed by atoms with van der Waals surface area (Å²) in [6, 6.07) is 0. The molecule has 1 aromatic rings. The Morgan fingerprint density at radius 1 is 1.44 bits per heavy atom. The van der Waals surface area contributed by atoms with Crippen molar-refractivity contribution >= 4 is 0 Å². The molecule has 0 aromatic carbocycles. The molecule has 2 unspecified atom stereocenters. The van der Waals surface area contributed by atoms with E-state index < -0.39 is 6.10 Å². The zero-order chi connectivity index (χ0) is 13.0. The zero-order valence-electron chi connectivity index (χ0n) is 11.4.